The fourth-order valence-electron chi connectivity index (χ4n) is 8.14. The fraction of sp³-hybridized carbons (Fsp3) is 0.588. The smallest absolute Gasteiger partial charge is 0.219 e. The van der Waals surface area contributed by atoms with Gasteiger partial charge in [0.15, 0.2) is 11.0 Å². The molecular formula is C34H45FN3+. The van der Waals surface area contributed by atoms with Crippen molar-refractivity contribution in [2.24, 2.45) is 0 Å². The van der Waals surface area contributed by atoms with Crippen LogP contribution in [-0.2, 0) is 21.7 Å². The zero-order valence-corrected chi connectivity index (χ0v) is 25.1. The molecule has 3 heterocycles. The Balaban J connectivity index is 1.95. The summed E-state index contributed by atoms with van der Waals surface area (Å²) in [5.74, 6) is 0.831. The van der Waals surface area contributed by atoms with Crippen molar-refractivity contribution < 1.29 is 8.96 Å². The number of aromatic nitrogens is 3. The van der Waals surface area contributed by atoms with E-state index in [2.05, 4.69) is 90.3 Å². The van der Waals surface area contributed by atoms with Gasteiger partial charge in [-0.2, -0.15) is 4.40 Å². The first-order chi connectivity index (χ1) is 17.7. The van der Waals surface area contributed by atoms with E-state index >= 15 is 4.39 Å². The Kier molecular flexibility index (Phi) is 5.29. The lowest BCUT2D eigenvalue weighted by Crippen LogP contribution is -2.54. The van der Waals surface area contributed by atoms with Crippen molar-refractivity contribution in [2.75, 3.05) is 0 Å². The second kappa shape index (κ2) is 7.79. The quantitative estimate of drug-likeness (QED) is 0.250. The van der Waals surface area contributed by atoms with E-state index in [9.17, 15) is 0 Å². The summed E-state index contributed by atoms with van der Waals surface area (Å²) in [6, 6.07) is 8.77. The molecule has 0 N–H and O–H groups in total. The van der Waals surface area contributed by atoms with E-state index in [0.717, 1.165) is 41.6 Å². The van der Waals surface area contributed by atoms with Gasteiger partial charge < -0.3 is 0 Å². The molecule has 0 saturated carbocycles. The van der Waals surface area contributed by atoms with E-state index < -0.39 is 0 Å². The molecular weight excluding hydrogens is 469 g/mol. The van der Waals surface area contributed by atoms with Crippen molar-refractivity contribution in [1.29, 1.82) is 0 Å². The molecule has 1 aliphatic carbocycles. The summed E-state index contributed by atoms with van der Waals surface area (Å²) in [6.07, 6.45) is 5.31. The van der Waals surface area contributed by atoms with E-state index in [4.69, 9.17) is 4.98 Å². The lowest BCUT2D eigenvalue weighted by molar-refractivity contribution is -0.686. The number of fused-ring (bicyclic) bond motifs is 4. The molecule has 38 heavy (non-hydrogen) atoms. The molecule has 3 nitrogen and oxygen atoms in total. The van der Waals surface area contributed by atoms with Crippen LogP contribution < -0.4 is 4.57 Å². The molecule has 2 aliphatic rings. The number of rotatable bonds is 3. The number of benzene rings is 2. The van der Waals surface area contributed by atoms with Crippen LogP contribution in [0.4, 0.5) is 4.39 Å². The Hall–Kier alpha value is -2.49. The SMILES string of the molecule is CCC1[n+]2c3cc4c(cc3n3c(C(C)(C)C)nc5cc(F)cc(c5c32)C1(CC)CC)C(C)(C)CCC4(C)C. The first-order valence-electron chi connectivity index (χ1n) is 14.8. The van der Waals surface area contributed by atoms with Gasteiger partial charge in [-0.05, 0) is 77.8 Å². The molecule has 0 fully saturated rings. The van der Waals surface area contributed by atoms with E-state index in [1.165, 1.54) is 40.6 Å². The van der Waals surface area contributed by atoms with Crippen LogP contribution in [-0.4, -0.2) is 9.38 Å². The van der Waals surface area contributed by atoms with Crippen LogP contribution in [0.25, 0.3) is 27.6 Å². The molecule has 0 bridgehead atoms. The molecule has 4 aromatic rings. The van der Waals surface area contributed by atoms with Gasteiger partial charge in [-0.3, -0.25) is 0 Å². The Labute approximate surface area is 227 Å². The number of hydrogen-bond donors (Lipinski definition) is 0. The maximum atomic E-state index is 15.3. The molecule has 1 atom stereocenters. The summed E-state index contributed by atoms with van der Waals surface area (Å²) >= 11 is 0. The van der Waals surface area contributed by atoms with Gasteiger partial charge in [-0.1, -0.05) is 69.2 Å². The van der Waals surface area contributed by atoms with Crippen molar-refractivity contribution in [3.63, 3.8) is 0 Å². The van der Waals surface area contributed by atoms with Crippen LogP contribution in [0.3, 0.4) is 0 Å². The normalized spacial score (nSPS) is 21.5. The number of imidazole rings is 1. The highest BCUT2D eigenvalue weighted by atomic mass is 19.1. The molecule has 1 aliphatic heterocycles. The van der Waals surface area contributed by atoms with Gasteiger partial charge in [0.25, 0.3) is 5.65 Å². The minimum Gasteiger partial charge on any atom is -0.219 e. The van der Waals surface area contributed by atoms with Crippen LogP contribution in [0.5, 0.6) is 0 Å². The lowest BCUT2D eigenvalue weighted by atomic mass is 9.63. The van der Waals surface area contributed by atoms with Crippen LogP contribution in [0.1, 0.15) is 130 Å². The minimum atomic E-state index is -0.207. The second-order valence-corrected chi connectivity index (χ2v) is 14.5. The molecule has 2 aromatic heterocycles. The van der Waals surface area contributed by atoms with Crippen molar-refractivity contribution >= 4 is 27.6 Å². The predicted molar refractivity (Wildman–Crippen MR) is 156 cm³/mol. The van der Waals surface area contributed by atoms with Gasteiger partial charge in [-0.15, -0.1) is 0 Å². The standard InChI is InChI=1S/C34H45FN3/c1-11-27-34(12-2,13-3)23-16-20(35)17-24-28(23)29-37(27)25-18-21-22(33(9,10)15-14-32(21,7)8)19-26(25)38(29)30(36-24)31(4,5)6/h16-19,27H,11-15H2,1-10H3/q+1. The van der Waals surface area contributed by atoms with Crippen LogP contribution in [0.15, 0.2) is 24.3 Å². The zero-order chi connectivity index (χ0) is 27.6. The molecule has 4 heteroatoms. The summed E-state index contributed by atoms with van der Waals surface area (Å²) < 4.78 is 20.4. The molecule has 0 saturated heterocycles. The number of hydrogen-bond acceptors (Lipinski definition) is 1. The lowest BCUT2D eigenvalue weighted by Gasteiger charge is -2.42. The Morgan fingerprint density at radius 3 is 2.08 bits per heavy atom. The van der Waals surface area contributed by atoms with Gasteiger partial charge in [0.05, 0.1) is 10.9 Å². The van der Waals surface area contributed by atoms with Crippen molar-refractivity contribution in [1.82, 2.24) is 9.38 Å². The van der Waals surface area contributed by atoms with Crippen LogP contribution in [0, 0.1) is 5.82 Å². The monoisotopic (exact) mass is 514 g/mol. The average Bonchev–Trinajstić information content (AvgIpc) is 3.17. The second-order valence-electron chi connectivity index (χ2n) is 14.5. The molecule has 2 aromatic carbocycles. The maximum absolute atomic E-state index is 15.3. The highest BCUT2D eigenvalue weighted by Gasteiger charge is 2.50. The Morgan fingerprint density at radius 2 is 1.53 bits per heavy atom. The van der Waals surface area contributed by atoms with Crippen molar-refractivity contribution in [3.8, 4) is 0 Å². The van der Waals surface area contributed by atoms with Gasteiger partial charge >= 0.3 is 0 Å². The molecule has 202 valence electrons. The van der Waals surface area contributed by atoms with Gasteiger partial charge in [-0.25, -0.2) is 13.9 Å². The molecule has 6 rings (SSSR count). The van der Waals surface area contributed by atoms with E-state index in [1.54, 1.807) is 6.07 Å². The first kappa shape index (κ1) is 25.8. The third kappa shape index (κ3) is 3.12. The number of nitrogens with zero attached hydrogens (tertiary/aromatic N) is 3. The summed E-state index contributed by atoms with van der Waals surface area (Å²) in [5, 5.41) is 1.14. The Morgan fingerprint density at radius 1 is 0.921 bits per heavy atom. The minimum absolute atomic E-state index is 0.120. The molecule has 0 amide bonds. The number of halogens is 1. The van der Waals surface area contributed by atoms with Gasteiger partial charge in [0.1, 0.15) is 11.9 Å². The third-order valence-corrected chi connectivity index (χ3v) is 10.4. The zero-order valence-electron chi connectivity index (χ0n) is 25.1. The van der Waals surface area contributed by atoms with Gasteiger partial charge in [0.2, 0.25) is 5.82 Å². The highest BCUT2D eigenvalue weighted by molar-refractivity contribution is 5.98. The summed E-state index contributed by atoms with van der Waals surface area (Å²) in [4.78, 5) is 5.27. The van der Waals surface area contributed by atoms with E-state index in [1.807, 2.05) is 6.07 Å². The fourth-order valence-corrected chi connectivity index (χ4v) is 8.14. The Bertz CT molecular complexity index is 1630. The van der Waals surface area contributed by atoms with Crippen molar-refractivity contribution in [3.05, 3.63) is 52.6 Å². The molecule has 0 radical (unpaired) electrons. The van der Waals surface area contributed by atoms with Crippen molar-refractivity contribution in [2.45, 2.75) is 129 Å². The summed E-state index contributed by atoms with van der Waals surface area (Å²) in [7, 11) is 0. The first-order valence-corrected chi connectivity index (χ1v) is 14.8. The third-order valence-electron chi connectivity index (χ3n) is 10.4. The molecule has 1 unspecified atom stereocenters. The summed E-state index contributed by atoms with van der Waals surface area (Å²) in [6.45, 7) is 23.2. The van der Waals surface area contributed by atoms with E-state index in [-0.39, 0.29) is 33.5 Å². The summed E-state index contributed by atoms with van der Waals surface area (Å²) in [5.41, 5.74) is 8.56. The average molecular weight is 515 g/mol. The molecule has 0 spiro atoms. The topological polar surface area (TPSA) is 21.2 Å². The van der Waals surface area contributed by atoms with Gasteiger partial charge in [0, 0.05) is 16.9 Å². The highest BCUT2D eigenvalue weighted by Crippen LogP contribution is 2.51. The maximum Gasteiger partial charge on any atom is 0.298 e. The van der Waals surface area contributed by atoms with Crippen LogP contribution >= 0.6 is 0 Å². The largest absolute Gasteiger partial charge is 0.298 e. The predicted octanol–water partition coefficient (Wildman–Crippen LogP) is 8.74. The van der Waals surface area contributed by atoms with E-state index in [0.29, 0.717) is 0 Å². The van der Waals surface area contributed by atoms with Crippen LogP contribution in [0.2, 0.25) is 0 Å².